The van der Waals surface area contributed by atoms with Gasteiger partial charge in [-0.05, 0) is 36.2 Å². The Hall–Kier alpha value is -2.30. The molecule has 1 amide bonds. The molecule has 0 aliphatic heterocycles. The van der Waals surface area contributed by atoms with E-state index in [-0.39, 0.29) is 24.1 Å². The lowest BCUT2D eigenvalue weighted by molar-refractivity contribution is 0.0953. The lowest BCUT2D eigenvalue weighted by Gasteiger charge is -2.06. The zero-order chi connectivity index (χ0) is 14.5. The first kappa shape index (κ1) is 14.1. The summed E-state index contributed by atoms with van der Waals surface area (Å²) in [6.45, 7) is 0.135. The van der Waals surface area contributed by atoms with Crippen LogP contribution in [-0.2, 0) is 6.42 Å². The number of hydrogen-bond acceptors (Lipinski definition) is 1. The fraction of sp³-hybridized carbons (Fsp3) is 0.133. The third-order valence-corrected chi connectivity index (χ3v) is 2.80. The van der Waals surface area contributed by atoms with E-state index in [0.29, 0.717) is 0 Å². The summed E-state index contributed by atoms with van der Waals surface area (Å²) in [6, 6.07) is 9.13. The van der Waals surface area contributed by atoms with Crippen LogP contribution in [0.1, 0.15) is 15.9 Å². The van der Waals surface area contributed by atoms with Crippen LogP contribution in [0.5, 0.6) is 0 Å². The highest BCUT2D eigenvalue weighted by atomic mass is 19.2. The van der Waals surface area contributed by atoms with Crippen LogP contribution >= 0.6 is 0 Å². The zero-order valence-corrected chi connectivity index (χ0v) is 10.5. The number of benzene rings is 2. The molecule has 0 spiro atoms. The number of rotatable bonds is 4. The van der Waals surface area contributed by atoms with E-state index in [0.717, 1.165) is 12.1 Å². The number of carbonyl (C=O) groups is 1. The highest BCUT2D eigenvalue weighted by molar-refractivity contribution is 5.94. The summed E-state index contributed by atoms with van der Waals surface area (Å²) < 4.78 is 39.3. The van der Waals surface area contributed by atoms with Gasteiger partial charge in [-0.1, -0.05) is 18.2 Å². The van der Waals surface area contributed by atoms with Gasteiger partial charge in [0.2, 0.25) is 0 Å². The van der Waals surface area contributed by atoms with Gasteiger partial charge in [0.15, 0.2) is 11.6 Å². The molecule has 0 atom stereocenters. The second-order valence-corrected chi connectivity index (χ2v) is 4.23. The van der Waals surface area contributed by atoms with Crippen molar-refractivity contribution in [1.82, 2.24) is 5.32 Å². The Kier molecular flexibility index (Phi) is 4.40. The molecule has 2 aromatic rings. The van der Waals surface area contributed by atoms with Crippen LogP contribution in [0, 0.1) is 17.5 Å². The van der Waals surface area contributed by atoms with Gasteiger partial charge in [-0.25, -0.2) is 13.2 Å². The lowest BCUT2D eigenvalue weighted by Crippen LogP contribution is -2.26. The second-order valence-electron chi connectivity index (χ2n) is 4.23. The third kappa shape index (κ3) is 3.38. The minimum absolute atomic E-state index is 0.135. The van der Waals surface area contributed by atoms with Crippen LogP contribution in [0.4, 0.5) is 13.2 Å². The van der Waals surface area contributed by atoms with E-state index >= 15 is 0 Å². The molecule has 0 aliphatic carbocycles. The van der Waals surface area contributed by atoms with Crippen LogP contribution in [0.3, 0.4) is 0 Å². The normalized spacial score (nSPS) is 10.3. The molecule has 1 N–H and O–H groups in total. The number of carbonyl (C=O) groups excluding carboxylic acids is 1. The van der Waals surface area contributed by atoms with Crippen LogP contribution < -0.4 is 5.32 Å². The third-order valence-electron chi connectivity index (χ3n) is 2.80. The van der Waals surface area contributed by atoms with Gasteiger partial charge in [0.25, 0.3) is 5.91 Å². The van der Waals surface area contributed by atoms with Gasteiger partial charge >= 0.3 is 0 Å². The molecule has 0 heterocycles. The Morgan fingerprint density at radius 1 is 1.05 bits per heavy atom. The predicted molar refractivity (Wildman–Crippen MR) is 68.8 cm³/mol. The van der Waals surface area contributed by atoms with Crippen LogP contribution in [-0.4, -0.2) is 12.5 Å². The quantitative estimate of drug-likeness (QED) is 0.915. The average molecular weight is 279 g/mol. The fourth-order valence-corrected chi connectivity index (χ4v) is 1.78. The molecule has 0 aliphatic rings. The first-order valence-corrected chi connectivity index (χ1v) is 6.04. The average Bonchev–Trinajstić information content (AvgIpc) is 2.43. The lowest BCUT2D eigenvalue weighted by atomic mass is 10.1. The van der Waals surface area contributed by atoms with Gasteiger partial charge in [-0.3, -0.25) is 4.79 Å². The molecule has 2 aromatic carbocycles. The molecule has 2 rings (SSSR count). The highest BCUT2D eigenvalue weighted by Gasteiger charge is 2.09. The SMILES string of the molecule is O=C(NCCc1cccc(F)c1F)c1cccc(F)c1. The molecule has 104 valence electrons. The van der Waals surface area contributed by atoms with Gasteiger partial charge in [0, 0.05) is 12.1 Å². The van der Waals surface area contributed by atoms with Crippen molar-refractivity contribution in [3.8, 4) is 0 Å². The molecule has 0 aromatic heterocycles. The van der Waals surface area contributed by atoms with Gasteiger partial charge in [0.1, 0.15) is 5.82 Å². The first-order chi connectivity index (χ1) is 9.58. The van der Waals surface area contributed by atoms with Crippen molar-refractivity contribution in [2.24, 2.45) is 0 Å². The standard InChI is InChI=1S/C15H12F3NO/c16-12-5-1-4-11(9-12)15(20)19-8-7-10-3-2-6-13(17)14(10)18/h1-6,9H,7-8H2,(H,19,20). The van der Waals surface area contributed by atoms with Crippen molar-refractivity contribution < 1.29 is 18.0 Å². The Balaban J connectivity index is 1.93. The van der Waals surface area contributed by atoms with Gasteiger partial charge < -0.3 is 5.32 Å². The van der Waals surface area contributed by atoms with E-state index in [1.54, 1.807) is 0 Å². The number of amides is 1. The van der Waals surface area contributed by atoms with E-state index in [2.05, 4.69) is 5.32 Å². The summed E-state index contributed by atoms with van der Waals surface area (Å²) in [5.41, 5.74) is 0.370. The Morgan fingerprint density at radius 3 is 2.55 bits per heavy atom. The van der Waals surface area contributed by atoms with E-state index in [9.17, 15) is 18.0 Å². The molecule has 0 unspecified atom stereocenters. The molecule has 0 fully saturated rings. The van der Waals surface area contributed by atoms with Gasteiger partial charge in [-0.15, -0.1) is 0 Å². The van der Waals surface area contributed by atoms with Crippen LogP contribution in [0.25, 0.3) is 0 Å². The minimum atomic E-state index is -0.918. The molecule has 2 nitrogen and oxygen atoms in total. The maximum Gasteiger partial charge on any atom is 0.251 e. The minimum Gasteiger partial charge on any atom is -0.352 e. The summed E-state index contributed by atoms with van der Waals surface area (Å²) in [7, 11) is 0. The molecule has 0 bridgehead atoms. The summed E-state index contributed by atoms with van der Waals surface area (Å²) in [4.78, 5) is 11.7. The van der Waals surface area contributed by atoms with Crippen molar-refractivity contribution in [3.63, 3.8) is 0 Å². The summed E-state index contributed by atoms with van der Waals surface area (Å²) in [5.74, 6) is -2.79. The van der Waals surface area contributed by atoms with E-state index < -0.39 is 23.4 Å². The Morgan fingerprint density at radius 2 is 1.80 bits per heavy atom. The highest BCUT2D eigenvalue weighted by Crippen LogP contribution is 2.11. The van der Waals surface area contributed by atoms with Gasteiger partial charge in [-0.2, -0.15) is 0 Å². The van der Waals surface area contributed by atoms with Crippen molar-refractivity contribution >= 4 is 5.91 Å². The maximum absolute atomic E-state index is 13.4. The van der Waals surface area contributed by atoms with Crippen LogP contribution in [0.2, 0.25) is 0 Å². The van der Waals surface area contributed by atoms with Crippen molar-refractivity contribution in [2.75, 3.05) is 6.54 Å². The zero-order valence-electron chi connectivity index (χ0n) is 10.5. The van der Waals surface area contributed by atoms with E-state index in [4.69, 9.17) is 0 Å². The Labute approximate surface area is 114 Å². The molecule has 0 saturated heterocycles. The molecule has 0 radical (unpaired) electrons. The monoisotopic (exact) mass is 279 g/mol. The second kappa shape index (κ2) is 6.23. The van der Waals surface area contributed by atoms with E-state index in [1.165, 1.54) is 30.3 Å². The maximum atomic E-state index is 13.4. The molecular formula is C15H12F3NO. The fourth-order valence-electron chi connectivity index (χ4n) is 1.78. The number of hydrogen-bond donors (Lipinski definition) is 1. The molecular weight excluding hydrogens is 267 g/mol. The summed E-state index contributed by atoms with van der Waals surface area (Å²) in [5, 5.41) is 2.53. The van der Waals surface area contributed by atoms with E-state index in [1.807, 2.05) is 0 Å². The topological polar surface area (TPSA) is 29.1 Å². The largest absolute Gasteiger partial charge is 0.352 e. The van der Waals surface area contributed by atoms with Gasteiger partial charge in [0.05, 0.1) is 0 Å². The smallest absolute Gasteiger partial charge is 0.251 e. The molecule has 20 heavy (non-hydrogen) atoms. The summed E-state index contributed by atoms with van der Waals surface area (Å²) in [6.07, 6.45) is 0.157. The molecule has 0 saturated carbocycles. The number of nitrogens with one attached hydrogen (secondary N) is 1. The Bertz CT molecular complexity index is 628. The predicted octanol–water partition coefficient (Wildman–Crippen LogP) is 3.08. The van der Waals surface area contributed by atoms with Crippen molar-refractivity contribution in [1.29, 1.82) is 0 Å². The first-order valence-electron chi connectivity index (χ1n) is 6.04. The molecule has 5 heteroatoms. The summed E-state index contributed by atoms with van der Waals surface area (Å²) >= 11 is 0. The van der Waals surface area contributed by atoms with Crippen molar-refractivity contribution in [3.05, 3.63) is 71.0 Å². The number of halogens is 3. The van der Waals surface area contributed by atoms with Crippen LogP contribution in [0.15, 0.2) is 42.5 Å². The van der Waals surface area contributed by atoms with Crippen molar-refractivity contribution in [2.45, 2.75) is 6.42 Å².